The zero-order chi connectivity index (χ0) is 13.4. The van der Waals surface area contributed by atoms with Crippen molar-refractivity contribution in [1.82, 2.24) is 4.90 Å². The van der Waals surface area contributed by atoms with Gasteiger partial charge >= 0.3 is 18.2 Å². The maximum atomic E-state index is 11.3. The summed E-state index contributed by atoms with van der Waals surface area (Å²) in [5.74, 6) is -1.32. The first kappa shape index (κ1) is 15.2. The number of nitrogens with two attached hydrogens (primary N) is 1. The number of carboxylic acids is 1. The average molecular weight is 248 g/mol. The summed E-state index contributed by atoms with van der Waals surface area (Å²) in [5.41, 5.74) is 5.25. The van der Waals surface area contributed by atoms with Crippen LogP contribution in [0.3, 0.4) is 0 Å². The van der Waals surface area contributed by atoms with E-state index in [0.717, 1.165) is 14.2 Å². The smallest absolute Gasteiger partial charge is 0.419 e. The second-order valence-electron chi connectivity index (χ2n) is 3.10. The number of imide groups is 1. The van der Waals surface area contributed by atoms with Gasteiger partial charge in [-0.15, -0.1) is 0 Å². The Bertz CT molecular complexity index is 277. The molecule has 3 N–H and O–H groups in total. The van der Waals surface area contributed by atoms with Gasteiger partial charge in [-0.25, -0.2) is 14.4 Å². The van der Waals surface area contributed by atoms with Gasteiger partial charge in [-0.1, -0.05) is 0 Å². The highest BCUT2D eigenvalue weighted by Gasteiger charge is 2.36. The van der Waals surface area contributed by atoms with Gasteiger partial charge in [-0.3, -0.25) is 0 Å². The molecular weight excluding hydrogens is 232 g/mol. The first-order valence-corrected chi connectivity index (χ1v) is 4.87. The number of hydrogen-bond acceptors (Lipinski definition) is 6. The maximum Gasteiger partial charge on any atom is 0.419 e. The van der Waals surface area contributed by atoms with Crippen molar-refractivity contribution >= 4 is 18.2 Å². The van der Waals surface area contributed by atoms with Gasteiger partial charge in [0.15, 0.2) is 0 Å². The first-order chi connectivity index (χ1) is 7.99. The Kier molecular flexibility index (Phi) is 6.64. The summed E-state index contributed by atoms with van der Waals surface area (Å²) in [7, 11) is 2.08. The predicted octanol–water partition coefficient (Wildman–Crippen LogP) is 0.0133. The van der Waals surface area contributed by atoms with Gasteiger partial charge in [-0.2, -0.15) is 4.90 Å². The molecule has 0 saturated heterocycles. The Hall–Kier alpha value is -1.83. The van der Waals surface area contributed by atoms with Crippen LogP contribution in [0.2, 0.25) is 0 Å². The molecule has 1 unspecified atom stereocenters. The maximum absolute atomic E-state index is 11.3. The summed E-state index contributed by atoms with van der Waals surface area (Å²) in [6.07, 6.45) is -1.78. The number of nitrogens with zero attached hydrogens (tertiary/aromatic N) is 1. The number of hydrogen-bond donors (Lipinski definition) is 2. The van der Waals surface area contributed by atoms with Crippen LogP contribution in [0.5, 0.6) is 0 Å². The average Bonchev–Trinajstić information content (AvgIpc) is 2.32. The van der Waals surface area contributed by atoms with Crippen LogP contribution in [0.15, 0.2) is 0 Å². The van der Waals surface area contributed by atoms with Crippen molar-refractivity contribution < 1.29 is 29.0 Å². The molecule has 0 aliphatic rings. The number of rotatable bonds is 5. The Morgan fingerprint density at radius 3 is 2.00 bits per heavy atom. The number of carboxylic acid groups (broad SMARTS) is 1. The van der Waals surface area contributed by atoms with E-state index < -0.39 is 24.2 Å². The molecule has 0 aromatic heterocycles. The summed E-state index contributed by atoms with van der Waals surface area (Å²) in [6.45, 7) is 0.250. The largest absolute Gasteiger partial charge is 0.480 e. The van der Waals surface area contributed by atoms with E-state index in [9.17, 15) is 14.4 Å². The fourth-order valence-corrected chi connectivity index (χ4v) is 1.20. The Balaban J connectivity index is 4.99. The molecule has 0 bridgehead atoms. The lowest BCUT2D eigenvalue weighted by Gasteiger charge is -2.24. The quantitative estimate of drug-likeness (QED) is 0.703. The molecule has 0 heterocycles. The van der Waals surface area contributed by atoms with E-state index in [1.165, 1.54) is 0 Å². The lowest BCUT2D eigenvalue weighted by Crippen LogP contribution is -2.48. The summed E-state index contributed by atoms with van der Waals surface area (Å²) < 4.78 is 8.68. The molecule has 0 aromatic rings. The lowest BCUT2D eigenvalue weighted by atomic mass is 10.1. The molecule has 8 heteroatoms. The van der Waals surface area contributed by atoms with Crippen molar-refractivity contribution in [1.29, 1.82) is 0 Å². The molecule has 0 aromatic carbocycles. The van der Waals surface area contributed by atoms with Crippen molar-refractivity contribution in [3.05, 3.63) is 0 Å². The summed E-state index contributed by atoms with van der Waals surface area (Å²) in [4.78, 5) is 34.1. The molecule has 0 aliphatic heterocycles. The van der Waals surface area contributed by atoms with Crippen molar-refractivity contribution in [2.24, 2.45) is 5.73 Å². The van der Waals surface area contributed by atoms with Gasteiger partial charge in [0.2, 0.25) is 0 Å². The Morgan fingerprint density at radius 2 is 1.71 bits per heavy atom. The molecule has 0 rings (SSSR count). The van der Waals surface area contributed by atoms with Gasteiger partial charge in [0.05, 0.1) is 14.2 Å². The molecule has 0 saturated carbocycles. The number of methoxy groups -OCH3 is 2. The van der Waals surface area contributed by atoms with Crippen LogP contribution in [0, 0.1) is 0 Å². The van der Waals surface area contributed by atoms with Crippen LogP contribution < -0.4 is 5.73 Å². The second kappa shape index (κ2) is 7.44. The molecular formula is C9H16N2O6. The van der Waals surface area contributed by atoms with E-state index in [-0.39, 0.29) is 13.0 Å². The van der Waals surface area contributed by atoms with E-state index in [4.69, 9.17) is 10.8 Å². The van der Waals surface area contributed by atoms with Gasteiger partial charge in [0.25, 0.3) is 0 Å². The van der Waals surface area contributed by atoms with Gasteiger partial charge in [0, 0.05) is 0 Å². The molecule has 17 heavy (non-hydrogen) atoms. The van der Waals surface area contributed by atoms with Crippen LogP contribution in [0.1, 0.15) is 12.8 Å². The number of amides is 2. The third kappa shape index (κ3) is 4.27. The van der Waals surface area contributed by atoms with E-state index >= 15 is 0 Å². The topological polar surface area (TPSA) is 119 Å². The van der Waals surface area contributed by atoms with E-state index in [0.29, 0.717) is 11.3 Å². The predicted molar refractivity (Wildman–Crippen MR) is 56.4 cm³/mol. The number of carbonyl (C=O) groups excluding carboxylic acids is 2. The highest BCUT2D eigenvalue weighted by atomic mass is 16.6. The Morgan fingerprint density at radius 1 is 1.24 bits per heavy atom. The minimum atomic E-state index is -1.35. The van der Waals surface area contributed by atoms with Crippen molar-refractivity contribution in [2.75, 3.05) is 20.8 Å². The zero-order valence-electron chi connectivity index (χ0n) is 9.71. The van der Waals surface area contributed by atoms with E-state index in [1.807, 2.05) is 0 Å². The lowest BCUT2D eigenvalue weighted by molar-refractivity contribution is -0.142. The molecule has 0 aliphatic carbocycles. The van der Waals surface area contributed by atoms with Crippen LogP contribution >= 0.6 is 0 Å². The van der Waals surface area contributed by atoms with Crippen LogP contribution in [-0.4, -0.2) is 55.0 Å². The van der Waals surface area contributed by atoms with Crippen molar-refractivity contribution in [2.45, 2.75) is 18.9 Å². The van der Waals surface area contributed by atoms with Crippen LogP contribution in [0.4, 0.5) is 9.59 Å². The highest BCUT2D eigenvalue weighted by Crippen LogP contribution is 2.11. The fraction of sp³-hybridized carbons (Fsp3) is 0.667. The minimum absolute atomic E-state index is 0.0377. The first-order valence-electron chi connectivity index (χ1n) is 4.87. The normalized spacial score (nSPS) is 11.5. The van der Waals surface area contributed by atoms with Crippen molar-refractivity contribution in [3.8, 4) is 0 Å². The molecule has 8 nitrogen and oxygen atoms in total. The van der Waals surface area contributed by atoms with Gasteiger partial charge < -0.3 is 20.3 Å². The van der Waals surface area contributed by atoms with E-state index in [1.54, 1.807) is 0 Å². The standard InChI is InChI=1S/C9H16N2O6/c1-16-8(14)11(9(15)17-2)6(7(12)13)4-3-5-10/h6H,3-5,10H2,1-2H3,(H,12,13). The zero-order valence-corrected chi connectivity index (χ0v) is 9.71. The molecule has 2 amide bonds. The third-order valence-corrected chi connectivity index (χ3v) is 2.02. The number of ether oxygens (including phenoxy) is 2. The third-order valence-electron chi connectivity index (χ3n) is 2.02. The SMILES string of the molecule is COC(=O)N(C(=O)OC)C(CCCN)C(=O)O. The molecule has 98 valence electrons. The van der Waals surface area contributed by atoms with Crippen LogP contribution in [-0.2, 0) is 14.3 Å². The van der Waals surface area contributed by atoms with Crippen LogP contribution in [0.25, 0.3) is 0 Å². The molecule has 0 radical (unpaired) electrons. The second-order valence-corrected chi connectivity index (χ2v) is 3.10. The molecule has 1 atom stereocenters. The van der Waals surface area contributed by atoms with Crippen molar-refractivity contribution in [3.63, 3.8) is 0 Å². The van der Waals surface area contributed by atoms with E-state index in [2.05, 4.69) is 9.47 Å². The minimum Gasteiger partial charge on any atom is -0.480 e. The Labute approximate surface area is 98.3 Å². The van der Waals surface area contributed by atoms with Gasteiger partial charge in [-0.05, 0) is 19.4 Å². The van der Waals surface area contributed by atoms with Gasteiger partial charge in [0.1, 0.15) is 6.04 Å². The summed E-state index contributed by atoms with van der Waals surface area (Å²) in [5, 5.41) is 8.96. The number of aliphatic carboxylic acids is 1. The summed E-state index contributed by atoms with van der Waals surface area (Å²) >= 11 is 0. The number of carbonyl (C=O) groups is 3. The highest BCUT2D eigenvalue weighted by molar-refractivity contribution is 5.93. The fourth-order valence-electron chi connectivity index (χ4n) is 1.20. The molecule has 0 fully saturated rings. The summed E-state index contributed by atoms with van der Waals surface area (Å²) in [6, 6.07) is -1.35. The monoisotopic (exact) mass is 248 g/mol. The molecule has 0 spiro atoms.